The van der Waals surface area contributed by atoms with Gasteiger partial charge in [-0.3, -0.25) is 0 Å². The fraction of sp³-hybridized carbons (Fsp3) is 0.150. The van der Waals surface area contributed by atoms with Crippen LogP contribution < -0.4 is 0 Å². The molecular weight excluding hydrogens is 373 g/mol. The van der Waals surface area contributed by atoms with E-state index in [1.54, 1.807) is 12.1 Å². The Balaban J connectivity index is 0. The number of hydrogen-bond acceptors (Lipinski definition) is 0. The Morgan fingerprint density at radius 3 is 1.96 bits per heavy atom. The van der Waals surface area contributed by atoms with Crippen molar-refractivity contribution in [1.29, 1.82) is 0 Å². The molecule has 1 aliphatic rings. The number of allylic oxidation sites excluding steroid dienone is 4. The fourth-order valence-corrected chi connectivity index (χ4v) is 2.33. The van der Waals surface area contributed by atoms with Crippen molar-refractivity contribution in [2.75, 3.05) is 0 Å². The molecule has 0 spiro atoms. The van der Waals surface area contributed by atoms with Gasteiger partial charge in [0.25, 0.3) is 0 Å². The molecule has 126 valence electrons. The summed E-state index contributed by atoms with van der Waals surface area (Å²) in [6, 6.07) is 17.7. The maximum absolute atomic E-state index is 7.00. The predicted octanol–water partition coefficient (Wildman–Crippen LogP) is 7.20. The van der Waals surface area contributed by atoms with Crippen LogP contribution in [0, 0.1) is 6.42 Å². The largest absolute Gasteiger partial charge is 2.00 e. The second-order valence-corrected chi connectivity index (χ2v) is 5.06. The molecule has 2 aromatic rings. The zero-order valence-electron chi connectivity index (χ0n) is 14.0. The average Bonchev–Trinajstić information content (AvgIpc) is 2.95. The molecule has 2 aromatic carbocycles. The Morgan fingerprint density at radius 2 is 1.50 bits per heavy atom. The number of hydrogen-bond donors (Lipinski definition) is 0. The third kappa shape index (κ3) is 7.64. The van der Waals surface area contributed by atoms with Crippen LogP contribution in [0.25, 0.3) is 11.3 Å². The van der Waals surface area contributed by atoms with Crippen molar-refractivity contribution in [3.8, 4) is 0 Å². The Labute approximate surface area is 173 Å². The van der Waals surface area contributed by atoms with Gasteiger partial charge in [0.05, 0.1) is 0 Å². The summed E-state index contributed by atoms with van der Waals surface area (Å²) in [6.07, 6.45) is 7.81. The normalized spacial score (nSPS) is 11.2. The minimum absolute atomic E-state index is 0. The van der Waals surface area contributed by atoms with Crippen LogP contribution in [-0.4, -0.2) is 0 Å². The monoisotopic (exact) mass is 395 g/mol. The van der Waals surface area contributed by atoms with Crippen molar-refractivity contribution < 1.29 is 21.7 Å². The average molecular weight is 396 g/mol. The fourth-order valence-electron chi connectivity index (χ4n) is 2.33. The van der Waals surface area contributed by atoms with Gasteiger partial charge in [0.15, 0.2) is 0 Å². The second kappa shape index (κ2) is 13.2. The molecule has 0 heterocycles. The van der Waals surface area contributed by atoms with E-state index >= 15 is 0 Å². The van der Waals surface area contributed by atoms with Gasteiger partial charge in [-0.05, 0) is 13.3 Å². The third-order valence-electron chi connectivity index (χ3n) is 3.44. The molecule has 0 fully saturated rings. The second-order valence-electron chi connectivity index (χ2n) is 5.06. The maximum Gasteiger partial charge on any atom is 2.00 e. The maximum atomic E-state index is 7.00. The number of nitrogens with one attached hydrogen (secondary N) is 1. The first-order valence-electron chi connectivity index (χ1n) is 7.23. The van der Waals surface area contributed by atoms with E-state index in [1.165, 1.54) is 22.3 Å². The predicted molar refractivity (Wildman–Crippen MR) is 107 cm³/mol. The molecule has 0 unspecified atom stereocenters. The van der Waals surface area contributed by atoms with Crippen LogP contribution in [0.2, 0.25) is 0 Å². The molecule has 0 saturated heterocycles. The zero-order valence-corrected chi connectivity index (χ0v) is 17.1. The number of benzene rings is 2. The first-order valence-corrected chi connectivity index (χ1v) is 7.23. The van der Waals surface area contributed by atoms with Gasteiger partial charge in [-0.25, -0.2) is 0 Å². The quantitative estimate of drug-likeness (QED) is 0.379. The van der Waals surface area contributed by atoms with E-state index in [0.29, 0.717) is 5.69 Å². The molecule has 0 saturated carbocycles. The molecule has 0 aromatic heterocycles. The standard InChI is InChI=1S/C14H15.C6H6N.2ClH.Ti/c1-3-12-6-4-5-7-14(12)13-9-8-11(2)10-13;7-6-4-2-1-3-5-6;;;/h3-8,10H,9H2,1-2H3;1-5,7H;2*1H;/q2*-1;;;+2. The van der Waals surface area contributed by atoms with E-state index in [9.17, 15) is 0 Å². The molecule has 1 aliphatic carbocycles. The SMILES string of the molecule is C[CH-]c1ccccc1C1=CC(C)=CC1.Cl.Cl.[NH-]c1ccccc1.[Ti+2]. The van der Waals surface area contributed by atoms with Crippen molar-refractivity contribution in [1.82, 2.24) is 0 Å². The van der Waals surface area contributed by atoms with Gasteiger partial charge in [0.2, 0.25) is 0 Å². The molecule has 0 aliphatic heterocycles. The Hall–Kier alpha value is -1.12. The summed E-state index contributed by atoms with van der Waals surface area (Å²) in [5.74, 6) is 0. The van der Waals surface area contributed by atoms with Crippen molar-refractivity contribution in [3.63, 3.8) is 0 Å². The molecule has 0 bridgehead atoms. The van der Waals surface area contributed by atoms with E-state index in [1.807, 2.05) is 18.2 Å². The third-order valence-corrected chi connectivity index (χ3v) is 3.44. The summed E-state index contributed by atoms with van der Waals surface area (Å²) in [4.78, 5) is 0. The van der Waals surface area contributed by atoms with E-state index in [4.69, 9.17) is 5.73 Å². The first-order chi connectivity index (χ1) is 10.2. The number of halogens is 2. The molecule has 1 nitrogen and oxygen atoms in total. The summed E-state index contributed by atoms with van der Waals surface area (Å²) in [7, 11) is 0. The van der Waals surface area contributed by atoms with Gasteiger partial charge >= 0.3 is 21.7 Å². The minimum Gasteiger partial charge on any atom is -0.699 e. The van der Waals surface area contributed by atoms with Gasteiger partial charge in [-0.2, -0.15) is 18.1 Å². The number of rotatable bonds is 2. The first kappa shape index (κ1) is 25.1. The molecule has 4 heteroatoms. The summed E-state index contributed by atoms with van der Waals surface area (Å²) in [5.41, 5.74) is 13.1. The molecule has 0 atom stereocenters. The van der Waals surface area contributed by atoms with Crippen molar-refractivity contribution in [3.05, 3.63) is 95.6 Å². The molecule has 24 heavy (non-hydrogen) atoms. The molecular formula is C20H23Cl2NTi. The molecule has 0 radical (unpaired) electrons. The van der Waals surface area contributed by atoms with E-state index in [-0.39, 0.29) is 46.5 Å². The van der Waals surface area contributed by atoms with Crippen molar-refractivity contribution in [2.24, 2.45) is 0 Å². The van der Waals surface area contributed by atoms with E-state index in [0.717, 1.165) is 6.42 Å². The Bertz CT molecular complexity index is 652. The van der Waals surface area contributed by atoms with E-state index in [2.05, 4.69) is 56.7 Å². The van der Waals surface area contributed by atoms with Gasteiger partial charge in [0.1, 0.15) is 0 Å². The summed E-state index contributed by atoms with van der Waals surface area (Å²) < 4.78 is 0. The van der Waals surface area contributed by atoms with Crippen LogP contribution in [0.1, 0.15) is 31.4 Å². The molecule has 1 N–H and O–H groups in total. The van der Waals surface area contributed by atoms with Crippen LogP contribution in [0.15, 0.2) is 72.3 Å². The van der Waals surface area contributed by atoms with Gasteiger partial charge in [-0.1, -0.05) is 66.6 Å². The van der Waals surface area contributed by atoms with Crippen LogP contribution in [0.4, 0.5) is 5.69 Å². The molecule has 0 amide bonds. The zero-order chi connectivity index (χ0) is 15.1. The van der Waals surface area contributed by atoms with Crippen LogP contribution in [-0.2, 0) is 21.7 Å². The summed E-state index contributed by atoms with van der Waals surface area (Å²) >= 11 is 0. The van der Waals surface area contributed by atoms with Crippen LogP contribution in [0.3, 0.4) is 0 Å². The van der Waals surface area contributed by atoms with Crippen LogP contribution in [0.5, 0.6) is 0 Å². The summed E-state index contributed by atoms with van der Waals surface area (Å²) in [6.45, 7) is 4.25. The molecule has 3 rings (SSSR count). The smallest absolute Gasteiger partial charge is 0.699 e. The Morgan fingerprint density at radius 1 is 0.917 bits per heavy atom. The Kier molecular flexibility index (Phi) is 13.8. The minimum atomic E-state index is 0. The topological polar surface area (TPSA) is 23.8 Å². The van der Waals surface area contributed by atoms with Gasteiger partial charge < -0.3 is 5.73 Å². The van der Waals surface area contributed by atoms with Gasteiger partial charge in [-0.15, -0.1) is 48.2 Å². The van der Waals surface area contributed by atoms with Crippen LogP contribution >= 0.6 is 24.8 Å². The van der Waals surface area contributed by atoms with Crippen molar-refractivity contribution >= 4 is 36.1 Å². The van der Waals surface area contributed by atoms with E-state index < -0.39 is 0 Å². The van der Waals surface area contributed by atoms with Gasteiger partial charge in [0, 0.05) is 0 Å². The summed E-state index contributed by atoms with van der Waals surface area (Å²) in [5, 5.41) is 0. The van der Waals surface area contributed by atoms with Crippen molar-refractivity contribution in [2.45, 2.75) is 20.3 Å².